The Morgan fingerprint density at radius 3 is 2.96 bits per heavy atom. The topological polar surface area (TPSA) is 79.9 Å². The average molecular weight is 371 g/mol. The van der Waals surface area contributed by atoms with Crippen LogP contribution in [0, 0.1) is 0 Å². The summed E-state index contributed by atoms with van der Waals surface area (Å²) < 4.78 is 5.30. The molecule has 2 aromatic heterocycles. The maximum Gasteiger partial charge on any atom is 0.253 e. The molecule has 26 heavy (non-hydrogen) atoms. The molecule has 3 aromatic rings. The van der Waals surface area contributed by atoms with Crippen LogP contribution in [-0.4, -0.2) is 27.7 Å². The van der Waals surface area contributed by atoms with Crippen molar-refractivity contribution in [1.82, 2.24) is 20.5 Å². The van der Waals surface area contributed by atoms with Crippen molar-refractivity contribution in [2.45, 2.75) is 32.2 Å². The van der Waals surface area contributed by atoms with E-state index >= 15 is 0 Å². The molecule has 0 aliphatic heterocycles. The van der Waals surface area contributed by atoms with Gasteiger partial charge >= 0.3 is 0 Å². The van der Waals surface area contributed by atoms with Crippen molar-refractivity contribution < 1.29 is 9.53 Å². The van der Waals surface area contributed by atoms with Crippen LogP contribution >= 0.6 is 11.6 Å². The minimum atomic E-state index is -0.218. The molecule has 7 heteroatoms. The van der Waals surface area contributed by atoms with Crippen molar-refractivity contribution >= 4 is 28.4 Å². The molecule has 2 N–H and O–H groups in total. The van der Waals surface area contributed by atoms with Gasteiger partial charge in [0.25, 0.3) is 5.91 Å². The Balaban J connectivity index is 1.55. The van der Waals surface area contributed by atoms with Crippen LogP contribution < -0.4 is 10.1 Å². The monoisotopic (exact) mass is 370 g/mol. The summed E-state index contributed by atoms with van der Waals surface area (Å²) in [7, 11) is 0. The zero-order valence-electron chi connectivity index (χ0n) is 14.4. The predicted octanol–water partition coefficient (Wildman–Crippen LogP) is 3.82. The SMILES string of the molecule is CCOc1ncc(C(=O)NCc2c(C3CC3)ccc3[nH]ncc23)cc1Cl. The van der Waals surface area contributed by atoms with Gasteiger partial charge in [0.05, 0.1) is 23.9 Å². The summed E-state index contributed by atoms with van der Waals surface area (Å²) in [4.78, 5) is 16.6. The van der Waals surface area contributed by atoms with Crippen LogP contribution in [0.3, 0.4) is 0 Å². The van der Waals surface area contributed by atoms with Crippen molar-refractivity contribution in [3.8, 4) is 5.88 Å². The first-order chi connectivity index (χ1) is 12.7. The van der Waals surface area contributed by atoms with E-state index in [4.69, 9.17) is 16.3 Å². The number of H-pyrrole nitrogens is 1. The van der Waals surface area contributed by atoms with E-state index in [0.29, 0.717) is 35.5 Å². The second-order valence-corrected chi connectivity index (χ2v) is 6.77. The molecule has 6 nitrogen and oxygen atoms in total. The number of nitrogens with one attached hydrogen (secondary N) is 2. The van der Waals surface area contributed by atoms with E-state index in [1.165, 1.54) is 24.6 Å². The molecular formula is C19H19ClN4O2. The second kappa shape index (κ2) is 6.96. The lowest BCUT2D eigenvalue weighted by molar-refractivity contribution is 0.0950. The zero-order valence-corrected chi connectivity index (χ0v) is 15.1. The van der Waals surface area contributed by atoms with E-state index in [0.717, 1.165) is 16.5 Å². The normalized spacial score (nSPS) is 13.8. The molecule has 0 unspecified atom stereocenters. The third-order valence-electron chi connectivity index (χ3n) is 4.57. The highest BCUT2D eigenvalue weighted by Gasteiger charge is 2.27. The number of nitrogens with zero attached hydrogens (tertiary/aromatic N) is 2. The number of amides is 1. The molecule has 4 rings (SSSR count). The maximum atomic E-state index is 12.5. The molecule has 1 amide bonds. The minimum Gasteiger partial charge on any atom is -0.477 e. The first kappa shape index (κ1) is 16.8. The standard InChI is InChI=1S/C19H19ClN4O2/c1-2-26-19-16(20)7-12(8-22-19)18(25)21-9-14-13(11-3-4-11)5-6-17-15(14)10-23-24-17/h5-8,10-11H,2-4,9H2,1H3,(H,21,25)(H,23,24). The van der Waals surface area contributed by atoms with Crippen LogP contribution in [-0.2, 0) is 6.54 Å². The number of benzene rings is 1. The smallest absolute Gasteiger partial charge is 0.253 e. The third-order valence-corrected chi connectivity index (χ3v) is 4.84. The van der Waals surface area contributed by atoms with Gasteiger partial charge in [-0.1, -0.05) is 17.7 Å². The fraction of sp³-hybridized carbons (Fsp3) is 0.316. The molecule has 1 fully saturated rings. The molecule has 1 aliphatic carbocycles. The highest BCUT2D eigenvalue weighted by molar-refractivity contribution is 6.32. The Morgan fingerprint density at radius 2 is 2.23 bits per heavy atom. The lowest BCUT2D eigenvalue weighted by atomic mass is 9.99. The number of carbonyl (C=O) groups excluding carboxylic acids is 1. The van der Waals surface area contributed by atoms with E-state index in [1.807, 2.05) is 13.1 Å². The van der Waals surface area contributed by atoms with Gasteiger partial charge < -0.3 is 10.1 Å². The van der Waals surface area contributed by atoms with E-state index in [9.17, 15) is 4.79 Å². The van der Waals surface area contributed by atoms with Crippen LogP contribution in [0.15, 0.2) is 30.6 Å². The Kier molecular flexibility index (Phi) is 4.51. The fourth-order valence-corrected chi connectivity index (χ4v) is 3.35. The lowest BCUT2D eigenvalue weighted by Gasteiger charge is -2.12. The molecule has 134 valence electrons. The van der Waals surface area contributed by atoms with Gasteiger partial charge in [0, 0.05) is 18.1 Å². The van der Waals surface area contributed by atoms with Gasteiger partial charge in [-0.3, -0.25) is 9.89 Å². The van der Waals surface area contributed by atoms with E-state index in [1.54, 1.807) is 6.07 Å². The summed E-state index contributed by atoms with van der Waals surface area (Å²) in [5.74, 6) is 0.706. The average Bonchev–Trinajstić information content (AvgIpc) is 3.37. The van der Waals surface area contributed by atoms with E-state index in [-0.39, 0.29) is 5.91 Å². The highest BCUT2D eigenvalue weighted by atomic mass is 35.5. The van der Waals surface area contributed by atoms with Gasteiger partial charge in [-0.25, -0.2) is 4.98 Å². The van der Waals surface area contributed by atoms with Gasteiger partial charge in [0.1, 0.15) is 5.02 Å². The number of fused-ring (bicyclic) bond motifs is 1. The molecule has 0 spiro atoms. The molecule has 0 bridgehead atoms. The summed E-state index contributed by atoms with van der Waals surface area (Å²) >= 11 is 6.13. The molecule has 0 radical (unpaired) electrons. The number of hydrogen-bond acceptors (Lipinski definition) is 4. The van der Waals surface area contributed by atoms with Crippen molar-refractivity contribution in [3.63, 3.8) is 0 Å². The van der Waals surface area contributed by atoms with Crippen LogP contribution in [0.2, 0.25) is 5.02 Å². The van der Waals surface area contributed by atoms with Gasteiger partial charge in [-0.05, 0) is 48.9 Å². The molecule has 1 saturated carbocycles. The number of aromatic nitrogens is 3. The number of halogens is 1. The summed E-state index contributed by atoms with van der Waals surface area (Å²) in [5, 5.41) is 11.5. The Bertz CT molecular complexity index is 965. The number of hydrogen-bond donors (Lipinski definition) is 2. The summed E-state index contributed by atoms with van der Waals surface area (Å²) in [6, 6.07) is 5.77. The zero-order chi connectivity index (χ0) is 18.1. The van der Waals surface area contributed by atoms with Crippen molar-refractivity contribution in [3.05, 3.63) is 52.3 Å². The Labute approximate surface area is 155 Å². The molecule has 0 saturated heterocycles. The maximum absolute atomic E-state index is 12.5. The third kappa shape index (κ3) is 3.24. The molecular weight excluding hydrogens is 352 g/mol. The van der Waals surface area contributed by atoms with E-state index in [2.05, 4.69) is 32.6 Å². The van der Waals surface area contributed by atoms with Crippen LogP contribution in [0.25, 0.3) is 10.9 Å². The van der Waals surface area contributed by atoms with E-state index < -0.39 is 0 Å². The number of rotatable bonds is 6. The quantitative estimate of drug-likeness (QED) is 0.691. The van der Waals surface area contributed by atoms with Gasteiger partial charge in [-0.15, -0.1) is 0 Å². The van der Waals surface area contributed by atoms with Gasteiger partial charge in [0.2, 0.25) is 5.88 Å². The molecule has 2 heterocycles. The first-order valence-corrected chi connectivity index (χ1v) is 9.06. The second-order valence-electron chi connectivity index (χ2n) is 6.37. The summed E-state index contributed by atoms with van der Waals surface area (Å²) in [6.45, 7) is 2.76. The van der Waals surface area contributed by atoms with Crippen LogP contribution in [0.5, 0.6) is 5.88 Å². The molecule has 1 aliphatic rings. The largest absolute Gasteiger partial charge is 0.477 e. The minimum absolute atomic E-state index is 0.218. The first-order valence-electron chi connectivity index (χ1n) is 8.68. The van der Waals surface area contributed by atoms with Crippen molar-refractivity contribution in [1.29, 1.82) is 0 Å². The summed E-state index contributed by atoms with van der Waals surface area (Å²) in [6.07, 6.45) is 5.69. The number of aromatic amines is 1. The van der Waals surface area contributed by atoms with Gasteiger partial charge in [-0.2, -0.15) is 5.10 Å². The molecule has 1 aromatic carbocycles. The summed E-state index contributed by atoms with van der Waals surface area (Å²) in [5.41, 5.74) is 3.80. The highest BCUT2D eigenvalue weighted by Crippen LogP contribution is 2.43. The Morgan fingerprint density at radius 1 is 1.38 bits per heavy atom. The number of carbonyl (C=O) groups is 1. The van der Waals surface area contributed by atoms with Crippen LogP contribution in [0.1, 0.15) is 47.2 Å². The number of pyridine rings is 1. The number of ether oxygens (including phenoxy) is 1. The van der Waals surface area contributed by atoms with Crippen molar-refractivity contribution in [2.75, 3.05) is 6.61 Å². The van der Waals surface area contributed by atoms with Crippen LogP contribution in [0.4, 0.5) is 0 Å². The van der Waals surface area contributed by atoms with Gasteiger partial charge in [0.15, 0.2) is 0 Å². The van der Waals surface area contributed by atoms with Crippen molar-refractivity contribution in [2.24, 2.45) is 0 Å². The predicted molar refractivity (Wildman–Crippen MR) is 99.7 cm³/mol. The fourth-order valence-electron chi connectivity index (χ4n) is 3.13. The Hall–Kier alpha value is -2.60. The molecule has 0 atom stereocenters. The lowest BCUT2D eigenvalue weighted by Crippen LogP contribution is -2.23.